The number of nitrogens with one attached hydrogen (secondary N) is 1. The maximum atomic E-state index is 5.64. The third kappa shape index (κ3) is 3.02. The number of aromatic nitrogens is 2. The highest BCUT2D eigenvalue weighted by atomic mass is 32.1. The number of ether oxygens (including phenoxy) is 1. The molecular weight excluding hydrogens is 262 g/mol. The Morgan fingerprint density at radius 1 is 1.53 bits per heavy atom. The van der Waals surface area contributed by atoms with Crippen LogP contribution in [0.15, 0.2) is 21.9 Å². The number of rotatable bonds is 5. The van der Waals surface area contributed by atoms with Crippen LogP contribution in [-0.2, 0) is 11.3 Å². The average molecular weight is 279 g/mol. The van der Waals surface area contributed by atoms with E-state index >= 15 is 0 Å². The predicted octanol–water partition coefficient (Wildman–Crippen LogP) is 2.46. The molecule has 0 amide bonds. The van der Waals surface area contributed by atoms with Gasteiger partial charge in [-0.25, -0.2) is 0 Å². The molecule has 0 saturated carbocycles. The van der Waals surface area contributed by atoms with Crippen LogP contribution in [0.2, 0.25) is 0 Å². The van der Waals surface area contributed by atoms with Gasteiger partial charge in [0, 0.05) is 12.6 Å². The minimum absolute atomic E-state index is 0.305. The number of hydrogen-bond donors (Lipinski definition) is 1. The Kier molecular flexibility index (Phi) is 3.91. The van der Waals surface area contributed by atoms with Crippen molar-refractivity contribution in [1.82, 2.24) is 15.5 Å². The highest BCUT2D eigenvalue weighted by Gasteiger charge is 2.22. The molecule has 1 aliphatic rings. The molecule has 0 unspecified atom stereocenters. The van der Waals surface area contributed by atoms with Gasteiger partial charge in [0.15, 0.2) is 0 Å². The van der Waals surface area contributed by atoms with Crippen LogP contribution < -0.4 is 5.32 Å². The van der Waals surface area contributed by atoms with E-state index in [1.807, 2.05) is 17.5 Å². The largest absolute Gasteiger partial charge is 0.419 e. The molecule has 3 heterocycles. The van der Waals surface area contributed by atoms with Gasteiger partial charge in [-0.1, -0.05) is 6.07 Å². The van der Waals surface area contributed by atoms with E-state index in [9.17, 15) is 0 Å². The van der Waals surface area contributed by atoms with Gasteiger partial charge >= 0.3 is 0 Å². The van der Waals surface area contributed by atoms with E-state index in [1.54, 1.807) is 11.3 Å². The highest BCUT2D eigenvalue weighted by molar-refractivity contribution is 7.13. The second kappa shape index (κ2) is 5.81. The Morgan fingerprint density at radius 2 is 2.47 bits per heavy atom. The molecule has 1 aliphatic heterocycles. The molecule has 0 radical (unpaired) electrons. The average Bonchev–Trinajstić information content (AvgIpc) is 3.14. The van der Waals surface area contributed by atoms with E-state index in [0.717, 1.165) is 24.3 Å². The monoisotopic (exact) mass is 279 g/mol. The summed E-state index contributed by atoms with van der Waals surface area (Å²) in [6.07, 6.45) is 2.58. The third-order valence-corrected chi connectivity index (χ3v) is 4.15. The van der Waals surface area contributed by atoms with Crippen molar-refractivity contribution in [2.45, 2.75) is 38.5 Å². The molecule has 1 saturated heterocycles. The number of thiophene rings is 1. The fraction of sp³-hybridized carbons (Fsp3) is 0.538. The first-order valence-electron chi connectivity index (χ1n) is 6.54. The van der Waals surface area contributed by atoms with Gasteiger partial charge in [-0.05, 0) is 31.2 Å². The molecule has 2 aromatic heterocycles. The Labute approximate surface area is 116 Å². The van der Waals surface area contributed by atoms with Crippen molar-refractivity contribution in [2.24, 2.45) is 0 Å². The van der Waals surface area contributed by atoms with Crippen molar-refractivity contribution < 1.29 is 9.15 Å². The molecule has 3 rings (SSSR count). The Morgan fingerprint density at radius 3 is 3.21 bits per heavy atom. The molecule has 2 aromatic rings. The van der Waals surface area contributed by atoms with E-state index in [4.69, 9.17) is 9.15 Å². The summed E-state index contributed by atoms with van der Waals surface area (Å²) in [5.74, 6) is 1.21. The lowest BCUT2D eigenvalue weighted by Crippen LogP contribution is -2.36. The van der Waals surface area contributed by atoms with Gasteiger partial charge in [0.25, 0.3) is 5.89 Å². The van der Waals surface area contributed by atoms with Crippen LogP contribution in [0.25, 0.3) is 10.8 Å². The SMILES string of the molecule is C[C@@H](NCc1nnc(-c2cccs2)o1)[C@@H]1CCCO1. The normalized spacial score (nSPS) is 20.8. The van der Waals surface area contributed by atoms with E-state index in [-0.39, 0.29) is 0 Å². The number of hydrogen-bond acceptors (Lipinski definition) is 6. The maximum absolute atomic E-state index is 5.64. The van der Waals surface area contributed by atoms with Crippen molar-refractivity contribution in [3.8, 4) is 10.8 Å². The Bertz CT molecular complexity index is 506. The summed E-state index contributed by atoms with van der Waals surface area (Å²) in [6.45, 7) is 3.59. The fourth-order valence-corrected chi connectivity index (χ4v) is 2.85. The molecule has 0 bridgehead atoms. The van der Waals surface area contributed by atoms with E-state index < -0.39 is 0 Å². The first kappa shape index (κ1) is 12.8. The lowest BCUT2D eigenvalue weighted by Gasteiger charge is -2.18. The summed E-state index contributed by atoms with van der Waals surface area (Å²) in [5.41, 5.74) is 0. The van der Waals surface area contributed by atoms with Crippen molar-refractivity contribution >= 4 is 11.3 Å². The number of nitrogens with zero attached hydrogens (tertiary/aromatic N) is 2. The van der Waals surface area contributed by atoms with Gasteiger partial charge in [0.1, 0.15) is 0 Å². The third-order valence-electron chi connectivity index (χ3n) is 3.30. The minimum atomic E-state index is 0.305. The molecule has 1 fully saturated rings. The van der Waals surface area contributed by atoms with Gasteiger partial charge in [-0.2, -0.15) is 0 Å². The van der Waals surface area contributed by atoms with E-state index in [1.165, 1.54) is 0 Å². The summed E-state index contributed by atoms with van der Waals surface area (Å²) >= 11 is 1.60. The minimum Gasteiger partial charge on any atom is -0.419 e. The summed E-state index contributed by atoms with van der Waals surface area (Å²) in [6, 6.07) is 4.26. The zero-order valence-electron chi connectivity index (χ0n) is 10.8. The van der Waals surface area contributed by atoms with Gasteiger partial charge in [-0.3, -0.25) is 0 Å². The van der Waals surface area contributed by atoms with Gasteiger partial charge in [0.05, 0.1) is 17.5 Å². The van der Waals surface area contributed by atoms with Crippen molar-refractivity contribution in [3.63, 3.8) is 0 Å². The molecule has 102 valence electrons. The smallest absolute Gasteiger partial charge is 0.257 e. The first-order valence-corrected chi connectivity index (χ1v) is 7.42. The summed E-state index contributed by atoms with van der Waals surface area (Å²) in [4.78, 5) is 1.01. The van der Waals surface area contributed by atoms with Gasteiger partial charge < -0.3 is 14.5 Å². The molecule has 5 nitrogen and oxygen atoms in total. The standard InChI is InChI=1S/C13H17N3O2S/c1-9(10-4-2-6-17-10)14-8-12-15-16-13(18-12)11-5-3-7-19-11/h3,5,7,9-10,14H,2,4,6,8H2,1H3/t9-,10+/m1/s1. The van der Waals surface area contributed by atoms with Crippen LogP contribution in [0.4, 0.5) is 0 Å². The van der Waals surface area contributed by atoms with Crippen molar-refractivity contribution in [1.29, 1.82) is 0 Å². The fourth-order valence-electron chi connectivity index (χ4n) is 2.20. The lowest BCUT2D eigenvalue weighted by atomic mass is 10.1. The zero-order chi connectivity index (χ0) is 13.1. The van der Waals surface area contributed by atoms with E-state index in [0.29, 0.717) is 30.5 Å². The van der Waals surface area contributed by atoms with E-state index in [2.05, 4.69) is 22.4 Å². The van der Waals surface area contributed by atoms with Gasteiger partial charge in [-0.15, -0.1) is 21.5 Å². The zero-order valence-corrected chi connectivity index (χ0v) is 11.7. The molecule has 0 aromatic carbocycles. The molecular formula is C13H17N3O2S. The van der Waals surface area contributed by atoms with Crippen molar-refractivity contribution in [3.05, 3.63) is 23.4 Å². The molecule has 19 heavy (non-hydrogen) atoms. The Balaban J connectivity index is 1.55. The quantitative estimate of drug-likeness (QED) is 0.911. The summed E-state index contributed by atoms with van der Waals surface area (Å²) in [7, 11) is 0. The van der Waals surface area contributed by atoms with Crippen LogP contribution in [0.1, 0.15) is 25.7 Å². The lowest BCUT2D eigenvalue weighted by molar-refractivity contribution is 0.0824. The molecule has 1 N–H and O–H groups in total. The second-order valence-electron chi connectivity index (χ2n) is 4.70. The topological polar surface area (TPSA) is 60.2 Å². The first-order chi connectivity index (χ1) is 9.33. The summed E-state index contributed by atoms with van der Waals surface area (Å²) in [5, 5.41) is 13.5. The molecule has 0 aliphatic carbocycles. The second-order valence-corrected chi connectivity index (χ2v) is 5.65. The van der Waals surface area contributed by atoms with Crippen LogP contribution in [-0.4, -0.2) is 29.0 Å². The molecule has 6 heteroatoms. The maximum Gasteiger partial charge on any atom is 0.257 e. The summed E-state index contributed by atoms with van der Waals surface area (Å²) < 4.78 is 11.3. The van der Waals surface area contributed by atoms with Crippen molar-refractivity contribution in [2.75, 3.05) is 6.61 Å². The molecule has 0 spiro atoms. The van der Waals surface area contributed by atoms with Crippen LogP contribution in [0, 0.1) is 0 Å². The van der Waals surface area contributed by atoms with Gasteiger partial charge in [0.2, 0.25) is 5.89 Å². The molecule has 2 atom stereocenters. The van der Waals surface area contributed by atoms with Crippen LogP contribution in [0.5, 0.6) is 0 Å². The Hall–Kier alpha value is -1.24. The highest BCUT2D eigenvalue weighted by Crippen LogP contribution is 2.23. The van der Waals surface area contributed by atoms with Crippen LogP contribution >= 0.6 is 11.3 Å². The predicted molar refractivity (Wildman–Crippen MR) is 72.9 cm³/mol. The van der Waals surface area contributed by atoms with Crippen LogP contribution in [0.3, 0.4) is 0 Å².